The lowest BCUT2D eigenvalue weighted by molar-refractivity contribution is 0.177. The van der Waals surface area contributed by atoms with E-state index in [4.69, 9.17) is 9.73 Å². The highest BCUT2D eigenvalue weighted by Gasteiger charge is 2.22. The number of aryl methyl sites for hydroxylation is 1. The Hall–Kier alpha value is -2.27. The third kappa shape index (κ3) is 5.25. The smallest absolute Gasteiger partial charge is 0.191 e. The van der Waals surface area contributed by atoms with E-state index in [9.17, 15) is 0 Å². The number of aliphatic imine (C=N–C) groups is 1. The molecule has 0 amide bonds. The highest BCUT2D eigenvalue weighted by Crippen LogP contribution is 2.17. The highest BCUT2D eigenvalue weighted by molar-refractivity contribution is 14.0. The Morgan fingerprint density at radius 3 is 3.00 bits per heavy atom. The molecule has 1 atom stereocenters. The number of para-hydroxylation sites is 1. The second-order valence-corrected chi connectivity index (χ2v) is 7.13. The molecule has 0 saturated carbocycles. The fourth-order valence-corrected chi connectivity index (χ4v) is 3.64. The van der Waals surface area contributed by atoms with Crippen molar-refractivity contribution in [1.29, 1.82) is 0 Å². The second-order valence-electron chi connectivity index (χ2n) is 7.13. The van der Waals surface area contributed by atoms with Gasteiger partial charge in [-0.2, -0.15) is 5.10 Å². The Bertz CT molecular complexity index is 999. The van der Waals surface area contributed by atoms with Crippen molar-refractivity contribution in [3.63, 3.8) is 0 Å². The maximum Gasteiger partial charge on any atom is 0.191 e. The minimum atomic E-state index is 0. The van der Waals surface area contributed by atoms with E-state index < -0.39 is 0 Å². The topological polar surface area (TPSA) is 89.2 Å². The average Bonchev–Trinajstić information content (AvgIpc) is 3.14. The van der Waals surface area contributed by atoms with E-state index in [2.05, 4.69) is 56.9 Å². The van der Waals surface area contributed by atoms with Crippen LogP contribution >= 0.6 is 24.0 Å². The number of benzene rings is 1. The third-order valence-electron chi connectivity index (χ3n) is 4.98. The van der Waals surface area contributed by atoms with Gasteiger partial charge in [0.15, 0.2) is 11.8 Å². The molecule has 3 aromatic rings. The number of nitrogens with one attached hydrogen (secondary N) is 2. The van der Waals surface area contributed by atoms with Crippen molar-refractivity contribution in [2.45, 2.75) is 45.5 Å². The first-order chi connectivity index (χ1) is 14.3. The van der Waals surface area contributed by atoms with E-state index in [0.29, 0.717) is 13.2 Å². The number of halogens is 1. The summed E-state index contributed by atoms with van der Waals surface area (Å²) in [6.07, 6.45) is 3.71. The molecule has 0 bridgehead atoms. The number of fused-ring (bicyclic) bond motifs is 2. The van der Waals surface area contributed by atoms with E-state index in [0.717, 1.165) is 60.0 Å². The molecule has 0 radical (unpaired) electrons. The van der Waals surface area contributed by atoms with Gasteiger partial charge < -0.3 is 15.4 Å². The zero-order valence-corrected chi connectivity index (χ0v) is 19.7. The largest absolute Gasteiger partial charge is 0.377 e. The van der Waals surface area contributed by atoms with Crippen LogP contribution in [0.25, 0.3) is 10.9 Å². The van der Waals surface area contributed by atoms with Crippen molar-refractivity contribution in [1.82, 2.24) is 30.4 Å². The van der Waals surface area contributed by atoms with Crippen molar-refractivity contribution in [2.75, 3.05) is 13.7 Å². The molecule has 160 valence electrons. The molecule has 1 aromatic carbocycles. The Balaban J connectivity index is 0.00000256. The summed E-state index contributed by atoms with van der Waals surface area (Å²) in [5.74, 6) is 2.58. The van der Waals surface area contributed by atoms with Crippen LogP contribution in [0.4, 0.5) is 0 Å². The molecule has 2 aromatic heterocycles. The molecule has 8 nitrogen and oxygen atoms in total. The molecule has 4 rings (SSSR count). The van der Waals surface area contributed by atoms with Crippen LogP contribution in [0.15, 0.2) is 41.5 Å². The standard InChI is InChI=1S/C21H27N7O.HI/c1-3-22-21(24-12-16-7-4-6-15-8-5-11-23-20(15)16)25-17-9-10-19-26-18(14-29-2)27-28(19)13-17;/h4-8,11,17H,3,9-10,12-14H2,1-2H3,(H2,22,24,25);1H. The molecule has 30 heavy (non-hydrogen) atoms. The summed E-state index contributed by atoms with van der Waals surface area (Å²) in [5.41, 5.74) is 2.12. The van der Waals surface area contributed by atoms with E-state index in [1.165, 1.54) is 0 Å². The summed E-state index contributed by atoms with van der Waals surface area (Å²) in [6, 6.07) is 10.5. The summed E-state index contributed by atoms with van der Waals surface area (Å²) in [5, 5.41) is 12.6. The molecule has 0 fully saturated rings. The maximum atomic E-state index is 5.15. The minimum absolute atomic E-state index is 0. The zero-order valence-electron chi connectivity index (χ0n) is 17.3. The number of guanidine groups is 1. The van der Waals surface area contributed by atoms with Crippen molar-refractivity contribution in [3.05, 3.63) is 53.7 Å². The van der Waals surface area contributed by atoms with Gasteiger partial charge in [0.25, 0.3) is 0 Å². The van der Waals surface area contributed by atoms with Crippen molar-refractivity contribution in [2.24, 2.45) is 4.99 Å². The first-order valence-electron chi connectivity index (χ1n) is 10.1. The molecule has 0 saturated heterocycles. The fraction of sp³-hybridized carbons (Fsp3) is 0.429. The Morgan fingerprint density at radius 2 is 2.17 bits per heavy atom. The lowest BCUT2D eigenvalue weighted by Gasteiger charge is -2.25. The number of hydrogen-bond donors (Lipinski definition) is 2. The number of pyridine rings is 1. The van der Waals surface area contributed by atoms with Gasteiger partial charge in [-0.05, 0) is 25.0 Å². The molecule has 0 spiro atoms. The molecular weight excluding hydrogens is 493 g/mol. The number of ether oxygens (including phenoxy) is 1. The van der Waals surface area contributed by atoms with Gasteiger partial charge in [0, 0.05) is 37.7 Å². The normalized spacial score (nSPS) is 16.1. The van der Waals surface area contributed by atoms with Crippen LogP contribution in [-0.2, 0) is 30.9 Å². The number of rotatable bonds is 6. The number of hydrogen-bond acceptors (Lipinski definition) is 5. The number of nitrogens with zero attached hydrogens (tertiary/aromatic N) is 5. The van der Waals surface area contributed by atoms with Crippen LogP contribution in [0.1, 0.15) is 30.6 Å². The van der Waals surface area contributed by atoms with Crippen LogP contribution in [0.2, 0.25) is 0 Å². The van der Waals surface area contributed by atoms with Crippen LogP contribution in [-0.4, -0.2) is 45.4 Å². The van der Waals surface area contributed by atoms with Crippen molar-refractivity contribution >= 4 is 40.8 Å². The fourth-order valence-electron chi connectivity index (χ4n) is 3.64. The molecule has 1 aliphatic rings. The molecular formula is C21H28IN7O. The summed E-state index contributed by atoms with van der Waals surface area (Å²) < 4.78 is 7.13. The summed E-state index contributed by atoms with van der Waals surface area (Å²) in [4.78, 5) is 13.9. The van der Waals surface area contributed by atoms with E-state index in [-0.39, 0.29) is 30.0 Å². The zero-order chi connectivity index (χ0) is 20.1. The summed E-state index contributed by atoms with van der Waals surface area (Å²) in [6.45, 7) is 4.67. The number of methoxy groups -OCH3 is 1. The summed E-state index contributed by atoms with van der Waals surface area (Å²) >= 11 is 0. The first-order valence-corrected chi connectivity index (χ1v) is 10.1. The van der Waals surface area contributed by atoms with E-state index in [1.54, 1.807) is 7.11 Å². The first kappa shape index (κ1) is 22.4. The Labute approximate surface area is 193 Å². The molecule has 1 aliphatic heterocycles. The third-order valence-corrected chi connectivity index (χ3v) is 4.98. The Morgan fingerprint density at radius 1 is 1.30 bits per heavy atom. The Kier molecular flexibility index (Phi) is 7.97. The van der Waals surface area contributed by atoms with E-state index in [1.807, 2.05) is 16.9 Å². The summed E-state index contributed by atoms with van der Waals surface area (Å²) in [7, 11) is 1.66. The van der Waals surface area contributed by atoms with Gasteiger partial charge in [0.1, 0.15) is 12.4 Å². The SMILES string of the molecule is CCNC(=NCc1cccc2cccnc12)NC1CCc2nc(COC)nn2C1.I. The van der Waals surface area contributed by atoms with Gasteiger partial charge in [-0.1, -0.05) is 24.3 Å². The molecule has 1 unspecified atom stereocenters. The predicted molar refractivity (Wildman–Crippen MR) is 128 cm³/mol. The predicted octanol–water partition coefficient (Wildman–Crippen LogP) is 2.66. The van der Waals surface area contributed by atoms with Crippen LogP contribution in [0.3, 0.4) is 0 Å². The highest BCUT2D eigenvalue weighted by atomic mass is 127. The minimum Gasteiger partial charge on any atom is -0.377 e. The van der Waals surface area contributed by atoms with Crippen molar-refractivity contribution < 1.29 is 4.74 Å². The second kappa shape index (κ2) is 10.7. The molecule has 0 aliphatic carbocycles. The van der Waals surface area contributed by atoms with Gasteiger partial charge in [0.05, 0.1) is 18.6 Å². The van der Waals surface area contributed by atoms with Crippen molar-refractivity contribution in [3.8, 4) is 0 Å². The quantitative estimate of drug-likeness (QED) is 0.295. The van der Waals surface area contributed by atoms with Gasteiger partial charge in [-0.25, -0.2) is 14.7 Å². The lowest BCUT2D eigenvalue weighted by Crippen LogP contribution is -2.47. The van der Waals surface area contributed by atoms with Gasteiger partial charge in [-0.3, -0.25) is 4.98 Å². The lowest BCUT2D eigenvalue weighted by atomic mass is 10.1. The number of aromatic nitrogens is 4. The maximum absolute atomic E-state index is 5.15. The van der Waals surface area contributed by atoms with Gasteiger partial charge in [-0.15, -0.1) is 24.0 Å². The van der Waals surface area contributed by atoms with E-state index >= 15 is 0 Å². The van der Waals surface area contributed by atoms with Crippen LogP contribution < -0.4 is 10.6 Å². The van der Waals surface area contributed by atoms with Gasteiger partial charge >= 0.3 is 0 Å². The average molecular weight is 521 g/mol. The van der Waals surface area contributed by atoms with Gasteiger partial charge in [0.2, 0.25) is 0 Å². The molecule has 9 heteroatoms. The van der Waals surface area contributed by atoms with Crippen LogP contribution in [0.5, 0.6) is 0 Å². The monoisotopic (exact) mass is 521 g/mol. The molecule has 3 heterocycles. The van der Waals surface area contributed by atoms with Crippen LogP contribution in [0, 0.1) is 0 Å². The molecule has 2 N–H and O–H groups in total.